The average molecular weight is 293 g/mol. The number of hydrogen-bond donors (Lipinski definition) is 1. The Labute approximate surface area is 124 Å². The Kier molecular flexibility index (Phi) is 5.16. The fourth-order valence-electron chi connectivity index (χ4n) is 2.07. The quantitative estimate of drug-likeness (QED) is 0.792. The lowest BCUT2D eigenvalue weighted by molar-refractivity contribution is -0.0123. The van der Waals surface area contributed by atoms with Crippen LogP contribution >= 0.6 is 11.3 Å². The highest BCUT2D eigenvalue weighted by Crippen LogP contribution is 2.31. The monoisotopic (exact) mass is 293 g/mol. The molecule has 2 N–H and O–H groups in total. The van der Waals surface area contributed by atoms with Crippen LogP contribution in [0.5, 0.6) is 0 Å². The molecule has 0 atom stereocenters. The molecule has 1 heterocycles. The number of methoxy groups -OCH3 is 1. The zero-order valence-electron chi connectivity index (χ0n) is 12.4. The highest BCUT2D eigenvalue weighted by Gasteiger charge is 2.16. The Morgan fingerprint density at radius 3 is 2.70 bits per heavy atom. The summed E-state index contributed by atoms with van der Waals surface area (Å²) >= 11 is 1.76. The first-order valence-corrected chi connectivity index (χ1v) is 7.71. The first kappa shape index (κ1) is 15.4. The zero-order chi connectivity index (χ0) is 14.6. The third kappa shape index (κ3) is 3.58. The standard InChI is InChI=1S/C16H23NO2S/c1-16(2,18-3)8-9-19-11-13-12-6-4-5-7-14(12)20-15(13)10-17/h4-7H,8-11,17H2,1-3H3. The molecule has 0 saturated carbocycles. The van der Waals surface area contributed by atoms with Crippen LogP contribution in [0.15, 0.2) is 24.3 Å². The van der Waals surface area contributed by atoms with Crippen molar-refractivity contribution in [3.8, 4) is 0 Å². The van der Waals surface area contributed by atoms with E-state index in [4.69, 9.17) is 15.2 Å². The third-order valence-corrected chi connectivity index (χ3v) is 4.85. The molecule has 0 spiro atoms. The number of ether oxygens (including phenoxy) is 2. The van der Waals surface area contributed by atoms with Crippen molar-refractivity contribution in [2.24, 2.45) is 5.73 Å². The molecule has 0 aliphatic carbocycles. The van der Waals surface area contributed by atoms with E-state index in [1.807, 2.05) is 0 Å². The Balaban J connectivity index is 2.02. The van der Waals surface area contributed by atoms with E-state index in [0.29, 0.717) is 19.8 Å². The molecular formula is C16H23NO2S. The van der Waals surface area contributed by atoms with Gasteiger partial charge in [-0.3, -0.25) is 0 Å². The molecule has 110 valence electrons. The molecule has 2 rings (SSSR count). The molecule has 4 heteroatoms. The Bertz CT molecular complexity index is 563. The molecule has 0 unspecified atom stereocenters. The maximum absolute atomic E-state index is 5.84. The predicted octanol–water partition coefficient (Wildman–Crippen LogP) is 3.69. The van der Waals surface area contributed by atoms with E-state index >= 15 is 0 Å². The van der Waals surface area contributed by atoms with Gasteiger partial charge in [-0.15, -0.1) is 11.3 Å². The molecule has 0 amide bonds. The Hall–Kier alpha value is -0.940. The van der Waals surface area contributed by atoms with E-state index in [0.717, 1.165) is 6.42 Å². The second kappa shape index (κ2) is 6.68. The van der Waals surface area contributed by atoms with E-state index in [1.165, 1.54) is 20.5 Å². The molecule has 1 aromatic carbocycles. The van der Waals surface area contributed by atoms with Crippen LogP contribution < -0.4 is 5.73 Å². The zero-order valence-corrected chi connectivity index (χ0v) is 13.3. The molecule has 0 saturated heterocycles. The Morgan fingerprint density at radius 2 is 2.00 bits per heavy atom. The van der Waals surface area contributed by atoms with Gasteiger partial charge in [0.2, 0.25) is 0 Å². The van der Waals surface area contributed by atoms with E-state index in [-0.39, 0.29) is 5.60 Å². The highest BCUT2D eigenvalue weighted by molar-refractivity contribution is 7.19. The van der Waals surface area contributed by atoms with Gasteiger partial charge >= 0.3 is 0 Å². The van der Waals surface area contributed by atoms with Gasteiger partial charge in [-0.25, -0.2) is 0 Å². The summed E-state index contributed by atoms with van der Waals surface area (Å²) in [4.78, 5) is 1.22. The largest absolute Gasteiger partial charge is 0.379 e. The van der Waals surface area contributed by atoms with Crippen LogP contribution in [0.3, 0.4) is 0 Å². The summed E-state index contributed by atoms with van der Waals surface area (Å²) in [5, 5.41) is 1.27. The van der Waals surface area contributed by atoms with Gasteiger partial charge in [0.05, 0.1) is 12.2 Å². The maximum atomic E-state index is 5.84. The van der Waals surface area contributed by atoms with Crippen LogP contribution in [0, 0.1) is 0 Å². The molecule has 0 bridgehead atoms. The second-order valence-corrected chi connectivity index (χ2v) is 6.61. The average Bonchev–Trinajstić information content (AvgIpc) is 2.81. The molecule has 0 fully saturated rings. The fourth-order valence-corrected chi connectivity index (χ4v) is 3.16. The van der Waals surface area contributed by atoms with Crippen molar-refractivity contribution in [3.63, 3.8) is 0 Å². The first-order chi connectivity index (χ1) is 9.57. The molecule has 3 nitrogen and oxygen atoms in total. The first-order valence-electron chi connectivity index (χ1n) is 6.89. The number of thiophene rings is 1. The van der Waals surface area contributed by atoms with Crippen molar-refractivity contribution in [1.82, 2.24) is 0 Å². The van der Waals surface area contributed by atoms with E-state index in [1.54, 1.807) is 18.4 Å². The lowest BCUT2D eigenvalue weighted by Gasteiger charge is -2.22. The predicted molar refractivity (Wildman–Crippen MR) is 85.1 cm³/mol. The molecule has 1 aromatic heterocycles. The van der Waals surface area contributed by atoms with Crippen LogP contribution in [-0.2, 0) is 22.6 Å². The fraction of sp³-hybridized carbons (Fsp3) is 0.500. The summed E-state index contributed by atoms with van der Waals surface area (Å²) in [7, 11) is 1.74. The molecule has 0 radical (unpaired) electrons. The van der Waals surface area contributed by atoms with Crippen molar-refractivity contribution in [3.05, 3.63) is 34.7 Å². The van der Waals surface area contributed by atoms with Gasteiger partial charge in [-0.1, -0.05) is 18.2 Å². The van der Waals surface area contributed by atoms with Gasteiger partial charge < -0.3 is 15.2 Å². The van der Waals surface area contributed by atoms with Gasteiger partial charge in [-0.05, 0) is 31.7 Å². The third-order valence-electron chi connectivity index (χ3n) is 3.61. The van der Waals surface area contributed by atoms with E-state index in [2.05, 4.69) is 38.1 Å². The number of hydrogen-bond acceptors (Lipinski definition) is 4. The Morgan fingerprint density at radius 1 is 1.25 bits per heavy atom. The van der Waals surface area contributed by atoms with Gasteiger partial charge in [0.15, 0.2) is 0 Å². The summed E-state index contributed by atoms with van der Waals surface area (Å²) in [6.07, 6.45) is 0.879. The number of nitrogens with two attached hydrogens (primary N) is 1. The van der Waals surface area contributed by atoms with Gasteiger partial charge in [0, 0.05) is 35.4 Å². The van der Waals surface area contributed by atoms with Crippen molar-refractivity contribution >= 4 is 21.4 Å². The van der Waals surface area contributed by atoms with Gasteiger partial charge in [0.1, 0.15) is 0 Å². The number of rotatable bonds is 7. The van der Waals surface area contributed by atoms with E-state index in [9.17, 15) is 0 Å². The van der Waals surface area contributed by atoms with Crippen LogP contribution in [0.4, 0.5) is 0 Å². The maximum Gasteiger partial charge on any atom is 0.0734 e. The van der Waals surface area contributed by atoms with Crippen molar-refractivity contribution in [1.29, 1.82) is 0 Å². The second-order valence-electron chi connectivity index (χ2n) is 5.47. The normalized spacial score (nSPS) is 12.2. The molecule has 0 aliphatic heterocycles. The topological polar surface area (TPSA) is 44.5 Å². The van der Waals surface area contributed by atoms with Gasteiger partial charge in [-0.2, -0.15) is 0 Å². The summed E-state index contributed by atoms with van der Waals surface area (Å²) in [6.45, 7) is 6.02. The SMILES string of the molecule is COC(C)(C)CCOCc1c(CN)sc2ccccc12. The molecule has 2 aromatic rings. The minimum absolute atomic E-state index is 0.132. The molecule has 0 aliphatic rings. The smallest absolute Gasteiger partial charge is 0.0734 e. The molecular weight excluding hydrogens is 270 g/mol. The number of fused-ring (bicyclic) bond motifs is 1. The summed E-state index contributed by atoms with van der Waals surface area (Å²) in [5.74, 6) is 0. The summed E-state index contributed by atoms with van der Waals surface area (Å²) in [5.41, 5.74) is 6.95. The summed E-state index contributed by atoms with van der Waals surface area (Å²) < 4.78 is 12.5. The lowest BCUT2D eigenvalue weighted by atomic mass is 10.1. The van der Waals surface area contributed by atoms with Crippen molar-refractivity contribution in [2.45, 2.75) is 39.0 Å². The van der Waals surface area contributed by atoms with Crippen LogP contribution in [0.2, 0.25) is 0 Å². The van der Waals surface area contributed by atoms with Crippen molar-refractivity contribution in [2.75, 3.05) is 13.7 Å². The van der Waals surface area contributed by atoms with Crippen LogP contribution in [-0.4, -0.2) is 19.3 Å². The van der Waals surface area contributed by atoms with Gasteiger partial charge in [0.25, 0.3) is 0 Å². The highest BCUT2D eigenvalue weighted by atomic mass is 32.1. The van der Waals surface area contributed by atoms with Crippen LogP contribution in [0.25, 0.3) is 10.1 Å². The molecule has 20 heavy (non-hydrogen) atoms. The summed E-state index contributed by atoms with van der Waals surface area (Å²) in [6, 6.07) is 8.40. The van der Waals surface area contributed by atoms with Crippen LogP contribution in [0.1, 0.15) is 30.7 Å². The lowest BCUT2D eigenvalue weighted by Crippen LogP contribution is -2.24. The minimum atomic E-state index is -0.132. The van der Waals surface area contributed by atoms with E-state index < -0.39 is 0 Å². The van der Waals surface area contributed by atoms with Crippen molar-refractivity contribution < 1.29 is 9.47 Å². The number of benzene rings is 1. The minimum Gasteiger partial charge on any atom is -0.379 e.